The fraction of sp³-hybridized carbons (Fsp3) is 0.273. The average molecular weight is 220 g/mol. The van der Waals surface area contributed by atoms with Crippen LogP contribution in [0.3, 0.4) is 0 Å². The Labute approximate surface area is 92.1 Å². The van der Waals surface area contributed by atoms with Crippen molar-refractivity contribution in [1.29, 1.82) is 0 Å². The zero-order chi connectivity index (χ0) is 11.0. The monoisotopic (exact) mass is 220 g/mol. The quantitative estimate of drug-likeness (QED) is 0.803. The molecule has 0 fully saturated rings. The summed E-state index contributed by atoms with van der Waals surface area (Å²) in [5, 5.41) is 3.38. The number of hydrogen-bond acceptors (Lipinski definition) is 3. The topological polar surface area (TPSA) is 42.0 Å². The Morgan fingerprint density at radius 1 is 1.40 bits per heavy atom. The Morgan fingerprint density at radius 2 is 2.13 bits per heavy atom. The van der Waals surface area contributed by atoms with Crippen molar-refractivity contribution < 1.29 is 4.79 Å². The standard InChI is InChI=1S/C11H12N2OS/c1-6-4-7(2)10-9(5-6)15-11(13-10)12-8(3)14/h4-5H,1-3H3,(H,12,13,14). The highest BCUT2D eigenvalue weighted by Gasteiger charge is 2.07. The molecule has 4 heteroatoms. The third-order valence-electron chi connectivity index (χ3n) is 2.11. The van der Waals surface area contributed by atoms with E-state index in [0.29, 0.717) is 5.13 Å². The molecule has 0 aliphatic carbocycles. The van der Waals surface area contributed by atoms with E-state index in [-0.39, 0.29) is 5.91 Å². The number of nitrogens with one attached hydrogen (secondary N) is 1. The van der Waals surface area contributed by atoms with Gasteiger partial charge in [-0.2, -0.15) is 0 Å². The van der Waals surface area contributed by atoms with Gasteiger partial charge in [-0.15, -0.1) is 0 Å². The Kier molecular flexibility index (Phi) is 2.44. The van der Waals surface area contributed by atoms with Crippen molar-refractivity contribution in [2.75, 3.05) is 5.32 Å². The van der Waals surface area contributed by atoms with Crippen LogP contribution >= 0.6 is 11.3 Å². The number of thiazole rings is 1. The number of rotatable bonds is 1. The summed E-state index contributed by atoms with van der Waals surface area (Å²) >= 11 is 1.51. The smallest absolute Gasteiger partial charge is 0.223 e. The molecule has 1 N–H and O–H groups in total. The van der Waals surface area contributed by atoms with Crippen LogP contribution in [0.1, 0.15) is 18.1 Å². The highest BCUT2D eigenvalue weighted by Crippen LogP contribution is 2.29. The molecule has 0 unspecified atom stereocenters. The van der Waals surface area contributed by atoms with Crippen molar-refractivity contribution in [3.8, 4) is 0 Å². The molecule has 0 bridgehead atoms. The van der Waals surface area contributed by atoms with E-state index in [4.69, 9.17) is 0 Å². The number of carbonyl (C=O) groups excluding carboxylic acids is 1. The van der Waals surface area contributed by atoms with Gasteiger partial charge in [0.25, 0.3) is 0 Å². The van der Waals surface area contributed by atoms with Crippen molar-refractivity contribution in [2.45, 2.75) is 20.8 Å². The third-order valence-corrected chi connectivity index (χ3v) is 3.03. The number of nitrogens with zero attached hydrogens (tertiary/aromatic N) is 1. The summed E-state index contributed by atoms with van der Waals surface area (Å²) < 4.78 is 1.12. The highest BCUT2D eigenvalue weighted by atomic mass is 32.1. The summed E-state index contributed by atoms with van der Waals surface area (Å²) in [6.07, 6.45) is 0. The molecule has 1 aromatic heterocycles. The molecule has 15 heavy (non-hydrogen) atoms. The van der Waals surface area contributed by atoms with E-state index < -0.39 is 0 Å². The lowest BCUT2D eigenvalue weighted by Crippen LogP contribution is -2.04. The molecule has 0 aliphatic rings. The molecule has 0 saturated heterocycles. The fourth-order valence-electron chi connectivity index (χ4n) is 1.57. The summed E-state index contributed by atoms with van der Waals surface area (Å²) in [5.41, 5.74) is 3.35. The zero-order valence-corrected chi connectivity index (χ0v) is 9.73. The highest BCUT2D eigenvalue weighted by molar-refractivity contribution is 7.22. The van der Waals surface area contributed by atoms with E-state index in [0.717, 1.165) is 15.8 Å². The Bertz CT molecular complexity index is 531. The second-order valence-electron chi connectivity index (χ2n) is 3.63. The minimum Gasteiger partial charge on any atom is -0.302 e. The van der Waals surface area contributed by atoms with Gasteiger partial charge in [-0.1, -0.05) is 17.4 Å². The Morgan fingerprint density at radius 3 is 2.80 bits per heavy atom. The first-order valence-electron chi connectivity index (χ1n) is 4.71. The summed E-state index contributed by atoms with van der Waals surface area (Å²) in [7, 11) is 0. The fourth-order valence-corrected chi connectivity index (χ4v) is 2.66. The van der Waals surface area contributed by atoms with Crippen LogP contribution < -0.4 is 5.32 Å². The van der Waals surface area contributed by atoms with Gasteiger partial charge in [-0.25, -0.2) is 4.98 Å². The largest absolute Gasteiger partial charge is 0.302 e. The van der Waals surface area contributed by atoms with Crippen LogP contribution in [0.5, 0.6) is 0 Å². The van der Waals surface area contributed by atoms with Gasteiger partial charge in [0.2, 0.25) is 5.91 Å². The molecular weight excluding hydrogens is 208 g/mol. The molecule has 0 radical (unpaired) electrons. The molecule has 1 amide bonds. The number of benzene rings is 1. The summed E-state index contributed by atoms with van der Waals surface area (Å²) in [6, 6.07) is 4.19. The molecule has 1 heterocycles. The van der Waals surface area contributed by atoms with Crippen molar-refractivity contribution in [3.05, 3.63) is 23.3 Å². The molecule has 2 rings (SSSR count). The van der Waals surface area contributed by atoms with Crippen LogP contribution in [0.4, 0.5) is 5.13 Å². The number of fused-ring (bicyclic) bond motifs is 1. The second kappa shape index (κ2) is 3.62. The van der Waals surface area contributed by atoms with Gasteiger partial charge >= 0.3 is 0 Å². The van der Waals surface area contributed by atoms with Crippen molar-refractivity contribution in [3.63, 3.8) is 0 Å². The van der Waals surface area contributed by atoms with Crippen LogP contribution in [0.2, 0.25) is 0 Å². The maximum Gasteiger partial charge on any atom is 0.223 e. The number of amides is 1. The SMILES string of the molecule is CC(=O)Nc1nc2c(C)cc(C)cc2s1. The second-order valence-corrected chi connectivity index (χ2v) is 4.66. The van der Waals surface area contributed by atoms with E-state index >= 15 is 0 Å². The number of carbonyl (C=O) groups is 1. The Hall–Kier alpha value is -1.42. The van der Waals surface area contributed by atoms with E-state index in [1.165, 1.54) is 23.8 Å². The van der Waals surface area contributed by atoms with Crippen LogP contribution in [0, 0.1) is 13.8 Å². The minimum atomic E-state index is -0.0802. The predicted octanol–water partition coefficient (Wildman–Crippen LogP) is 2.87. The lowest BCUT2D eigenvalue weighted by molar-refractivity contribution is -0.114. The lowest BCUT2D eigenvalue weighted by Gasteiger charge is -1.95. The molecule has 0 spiro atoms. The Balaban J connectivity index is 2.55. The molecule has 2 aromatic rings. The van der Waals surface area contributed by atoms with E-state index in [1.807, 2.05) is 6.92 Å². The average Bonchev–Trinajstić information content (AvgIpc) is 2.45. The third kappa shape index (κ3) is 1.99. The van der Waals surface area contributed by atoms with Gasteiger partial charge in [0, 0.05) is 6.92 Å². The van der Waals surface area contributed by atoms with Crippen molar-refractivity contribution in [1.82, 2.24) is 4.98 Å². The van der Waals surface area contributed by atoms with Gasteiger partial charge < -0.3 is 5.32 Å². The van der Waals surface area contributed by atoms with Gasteiger partial charge in [0.15, 0.2) is 5.13 Å². The molecular formula is C11H12N2OS. The van der Waals surface area contributed by atoms with E-state index in [9.17, 15) is 4.79 Å². The molecule has 3 nitrogen and oxygen atoms in total. The number of aromatic nitrogens is 1. The normalized spacial score (nSPS) is 10.6. The first-order chi connectivity index (χ1) is 7.06. The number of anilines is 1. The van der Waals surface area contributed by atoms with Crippen LogP contribution in [0.25, 0.3) is 10.2 Å². The molecule has 0 aliphatic heterocycles. The van der Waals surface area contributed by atoms with E-state index in [1.54, 1.807) is 0 Å². The molecule has 0 saturated carbocycles. The molecule has 78 valence electrons. The number of aryl methyl sites for hydroxylation is 2. The van der Waals surface area contributed by atoms with Gasteiger partial charge in [-0.05, 0) is 31.0 Å². The predicted molar refractivity (Wildman–Crippen MR) is 63.4 cm³/mol. The first-order valence-corrected chi connectivity index (χ1v) is 5.53. The summed E-state index contributed by atoms with van der Waals surface area (Å²) in [5.74, 6) is -0.0802. The minimum absolute atomic E-state index is 0.0802. The van der Waals surface area contributed by atoms with Gasteiger partial charge in [-0.3, -0.25) is 4.79 Å². The van der Waals surface area contributed by atoms with Crippen LogP contribution in [-0.2, 0) is 4.79 Å². The van der Waals surface area contributed by atoms with Crippen LogP contribution in [-0.4, -0.2) is 10.9 Å². The summed E-state index contributed by atoms with van der Waals surface area (Å²) in [6.45, 7) is 5.58. The zero-order valence-electron chi connectivity index (χ0n) is 8.92. The van der Waals surface area contributed by atoms with Crippen LogP contribution in [0.15, 0.2) is 12.1 Å². The molecule has 1 aromatic carbocycles. The van der Waals surface area contributed by atoms with E-state index in [2.05, 4.69) is 29.4 Å². The number of hydrogen-bond donors (Lipinski definition) is 1. The van der Waals surface area contributed by atoms with Crippen molar-refractivity contribution >= 4 is 32.6 Å². The maximum atomic E-state index is 10.9. The summed E-state index contributed by atoms with van der Waals surface area (Å²) in [4.78, 5) is 15.3. The maximum absolute atomic E-state index is 10.9. The van der Waals surface area contributed by atoms with Gasteiger partial charge in [0.05, 0.1) is 10.2 Å². The molecule has 0 atom stereocenters. The van der Waals surface area contributed by atoms with Crippen molar-refractivity contribution in [2.24, 2.45) is 0 Å². The van der Waals surface area contributed by atoms with Gasteiger partial charge in [0.1, 0.15) is 0 Å². The lowest BCUT2D eigenvalue weighted by atomic mass is 10.1. The first kappa shape index (κ1) is 10.1.